The Morgan fingerprint density at radius 3 is 2.27 bits per heavy atom. The number of nitrogens with one attached hydrogen (secondary N) is 1. The summed E-state index contributed by atoms with van der Waals surface area (Å²) in [7, 11) is 1.08. The van der Waals surface area contributed by atoms with E-state index in [-0.39, 0.29) is 0 Å². The van der Waals surface area contributed by atoms with E-state index in [0.29, 0.717) is 0 Å². The molecule has 0 atom stereocenters. The molecule has 0 aromatic heterocycles. The molecule has 0 radical (unpaired) electrons. The van der Waals surface area contributed by atoms with Crippen LogP contribution >= 0.6 is 0 Å². The second kappa shape index (κ2) is 4.00. The van der Waals surface area contributed by atoms with Crippen molar-refractivity contribution in [1.82, 2.24) is 5.32 Å². The Hall–Kier alpha value is -1.00. The first-order valence-electron chi connectivity index (χ1n) is 2.94. The lowest BCUT2D eigenvalue weighted by Crippen LogP contribution is -2.33. The van der Waals surface area contributed by atoms with E-state index in [4.69, 9.17) is 0 Å². The largest absolute Gasteiger partial charge is 0.449 e. The van der Waals surface area contributed by atoms with Gasteiger partial charge in [-0.25, -0.2) is 0 Å². The molecule has 0 aromatic carbocycles. The minimum atomic E-state index is -4.39. The summed E-state index contributed by atoms with van der Waals surface area (Å²) >= 11 is 0. The van der Waals surface area contributed by atoms with Crippen molar-refractivity contribution >= 4 is 5.84 Å². The van der Waals surface area contributed by atoms with E-state index in [1.54, 1.807) is 6.92 Å². The zero-order valence-electron chi connectivity index (χ0n) is 6.24. The summed E-state index contributed by atoms with van der Waals surface area (Å²) in [5, 5.41) is 2.00. The van der Waals surface area contributed by atoms with Crippen molar-refractivity contribution in [2.75, 3.05) is 7.05 Å². The van der Waals surface area contributed by atoms with Gasteiger partial charge in [-0.2, -0.15) is 13.2 Å². The first kappa shape index (κ1) is 10.0. The van der Waals surface area contributed by atoms with Gasteiger partial charge in [-0.1, -0.05) is 6.08 Å². The summed E-state index contributed by atoms with van der Waals surface area (Å²) in [5.74, 6) is -0.990. The summed E-state index contributed by atoms with van der Waals surface area (Å²) in [6.45, 7) is 1.61. The lowest BCUT2D eigenvalue weighted by Gasteiger charge is -2.07. The van der Waals surface area contributed by atoms with Gasteiger partial charge in [-0.3, -0.25) is 4.99 Å². The summed E-state index contributed by atoms with van der Waals surface area (Å²) in [5.41, 5.74) is 0. The van der Waals surface area contributed by atoms with Crippen molar-refractivity contribution in [2.24, 2.45) is 4.99 Å². The monoisotopic (exact) mass is 166 g/mol. The predicted molar refractivity (Wildman–Crippen MR) is 37.4 cm³/mol. The highest BCUT2D eigenvalue weighted by molar-refractivity contribution is 5.88. The highest BCUT2D eigenvalue weighted by Gasteiger charge is 2.34. The standard InChI is InChI=1S/C6H9F3N2/c1-3-4-11-5(10-2)6(7,8)9/h3-4H,1-2H3,(H,10,11)/b4-3-. The average Bonchev–Trinajstić information content (AvgIpc) is 1.87. The van der Waals surface area contributed by atoms with Gasteiger partial charge in [0.25, 0.3) is 0 Å². The van der Waals surface area contributed by atoms with Gasteiger partial charge in [0.05, 0.1) is 0 Å². The van der Waals surface area contributed by atoms with Gasteiger partial charge in [-0.15, -0.1) is 0 Å². The van der Waals surface area contributed by atoms with Crippen LogP contribution in [0.3, 0.4) is 0 Å². The van der Waals surface area contributed by atoms with E-state index in [2.05, 4.69) is 4.99 Å². The zero-order chi connectivity index (χ0) is 8.91. The van der Waals surface area contributed by atoms with Crippen LogP contribution in [0.2, 0.25) is 0 Å². The molecule has 0 aliphatic rings. The smallest absolute Gasteiger partial charge is 0.343 e. The molecule has 11 heavy (non-hydrogen) atoms. The van der Waals surface area contributed by atoms with Crippen LogP contribution in [0, 0.1) is 0 Å². The maximum Gasteiger partial charge on any atom is 0.449 e. The number of nitrogens with zero attached hydrogens (tertiary/aromatic N) is 1. The molecule has 0 heterocycles. The maximum absolute atomic E-state index is 11.8. The van der Waals surface area contributed by atoms with Gasteiger partial charge < -0.3 is 5.32 Å². The van der Waals surface area contributed by atoms with E-state index in [1.807, 2.05) is 5.32 Å². The molecule has 0 fully saturated rings. The van der Waals surface area contributed by atoms with Crippen molar-refractivity contribution in [1.29, 1.82) is 0 Å². The lowest BCUT2D eigenvalue weighted by atomic mass is 10.5. The predicted octanol–water partition coefficient (Wildman–Crippen LogP) is 1.70. The summed E-state index contributed by atoms with van der Waals surface area (Å²) < 4.78 is 35.4. The molecule has 0 saturated carbocycles. The molecule has 0 aromatic rings. The number of hydrogen-bond acceptors (Lipinski definition) is 1. The molecule has 0 aliphatic carbocycles. The molecule has 0 bridgehead atoms. The number of rotatable bonds is 1. The van der Waals surface area contributed by atoms with Gasteiger partial charge in [-0.05, 0) is 13.1 Å². The highest BCUT2D eigenvalue weighted by Crippen LogP contribution is 2.15. The van der Waals surface area contributed by atoms with Crippen LogP contribution in [0.15, 0.2) is 17.3 Å². The third-order valence-electron chi connectivity index (χ3n) is 0.879. The Morgan fingerprint density at radius 2 is 2.00 bits per heavy atom. The van der Waals surface area contributed by atoms with Gasteiger partial charge in [0.1, 0.15) is 0 Å². The number of halogens is 3. The first-order valence-corrected chi connectivity index (χ1v) is 2.94. The molecule has 1 N–H and O–H groups in total. The third kappa shape index (κ3) is 3.64. The van der Waals surface area contributed by atoms with Crippen LogP contribution in [0.1, 0.15) is 6.92 Å². The highest BCUT2D eigenvalue weighted by atomic mass is 19.4. The maximum atomic E-state index is 11.8. The average molecular weight is 166 g/mol. The van der Waals surface area contributed by atoms with Gasteiger partial charge in [0.2, 0.25) is 5.84 Å². The minimum absolute atomic E-state index is 0.990. The molecule has 0 spiro atoms. The first-order chi connectivity index (χ1) is 5.02. The van der Waals surface area contributed by atoms with Gasteiger partial charge >= 0.3 is 6.18 Å². The molecule has 2 nitrogen and oxygen atoms in total. The Labute approximate surface area is 62.8 Å². The minimum Gasteiger partial charge on any atom is -0.343 e. The topological polar surface area (TPSA) is 24.4 Å². The van der Waals surface area contributed by atoms with E-state index in [0.717, 1.165) is 7.05 Å². The van der Waals surface area contributed by atoms with Crippen LogP contribution < -0.4 is 5.32 Å². The Balaban J connectivity index is 4.21. The summed E-state index contributed by atoms with van der Waals surface area (Å²) in [4.78, 5) is 3.03. The molecule has 0 aliphatic heterocycles. The van der Waals surface area contributed by atoms with Crippen molar-refractivity contribution in [3.8, 4) is 0 Å². The second-order valence-corrected chi connectivity index (χ2v) is 1.71. The number of allylic oxidation sites excluding steroid dienone is 1. The van der Waals surface area contributed by atoms with E-state index < -0.39 is 12.0 Å². The van der Waals surface area contributed by atoms with Gasteiger partial charge in [0, 0.05) is 7.05 Å². The van der Waals surface area contributed by atoms with Crippen LogP contribution in [-0.4, -0.2) is 19.1 Å². The van der Waals surface area contributed by atoms with Crippen molar-refractivity contribution in [3.05, 3.63) is 12.3 Å². The second-order valence-electron chi connectivity index (χ2n) is 1.71. The molecule has 0 unspecified atom stereocenters. The summed E-state index contributed by atoms with van der Waals surface area (Å²) in [6.07, 6.45) is -1.76. The third-order valence-corrected chi connectivity index (χ3v) is 0.879. The molecule has 0 rings (SSSR count). The van der Waals surface area contributed by atoms with Crippen LogP contribution in [0.4, 0.5) is 13.2 Å². The fraction of sp³-hybridized carbons (Fsp3) is 0.500. The van der Waals surface area contributed by atoms with Crippen molar-refractivity contribution < 1.29 is 13.2 Å². The lowest BCUT2D eigenvalue weighted by molar-refractivity contribution is -0.0612. The summed E-state index contributed by atoms with van der Waals surface area (Å²) in [6, 6.07) is 0. The molecular weight excluding hydrogens is 157 g/mol. The van der Waals surface area contributed by atoms with E-state index in [9.17, 15) is 13.2 Å². The number of aliphatic imine (C=N–C) groups is 1. The normalized spacial score (nSPS) is 14.1. The number of amidine groups is 1. The fourth-order valence-electron chi connectivity index (χ4n) is 0.435. The quantitative estimate of drug-likeness (QED) is 0.465. The van der Waals surface area contributed by atoms with Crippen LogP contribution in [0.5, 0.6) is 0 Å². The molecule has 0 saturated heterocycles. The Bertz CT molecular complexity index is 169. The number of alkyl halides is 3. The van der Waals surface area contributed by atoms with E-state index in [1.165, 1.54) is 12.3 Å². The Morgan fingerprint density at radius 1 is 1.45 bits per heavy atom. The molecular formula is C6H9F3N2. The van der Waals surface area contributed by atoms with Gasteiger partial charge in [0.15, 0.2) is 0 Å². The zero-order valence-corrected chi connectivity index (χ0v) is 6.24. The molecule has 0 amide bonds. The van der Waals surface area contributed by atoms with E-state index >= 15 is 0 Å². The van der Waals surface area contributed by atoms with Crippen LogP contribution in [-0.2, 0) is 0 Å². The Kier molecular flexibility index (Phi) is 3.64. The van der Waals surface area contributed by atoms with Crippen molar-refractivity contribution in [2.45, 2.75) is 13.1 Å². The van der Waals surface area contributed by atoms with Crippen molar-refractivity contribution in [3.63, 3.8) is 0 Å². The molecule has 5 heteroatoms. The molecule has 64 valence electrons. The fourth-order valence-corrected chi connectivity index (χ4v) is 0.435. The van der Waals surface area contributed by atoms with Crippen LogP contribution in [0.25, 0.3) is 0 Å². The SMILES string of the molecule is C/C=C\NC(=NC)C(F)(F)F. The number of hydrogen-bond donors (Lipinski definition) is 1.